The van der Waals surface area contributed by atoms with Crippen molar-refractivity contribution in [1.29, 1.82) is 0 Å². The number of ether oxygens (including phenoxy) is 2. The van der Waals surface area contributed by atoms with Gasteiger partial charge in [0, 0.05) is 13.1 Å². The van der Waals surface area contributed by atoms with E-state index >= 15 is 0 Å². The van der Waals surface area contributed by atoms with Crippen LogP contribution in [-0.4, -0.2) is 49.5 Å². The molecule has 1 N–H and O–H groups in total. The highest BCUT2D eigenvalue weighted by atomic mass is 16.5. The minimum Gasteiger partial charge on any atom is -0.497 e. The van der Waals surface area contributed by atoms with Gasteiger partial charge in [0.25, 0.3) is 0 Å². The molecule has 0 saturated carbocycles. The summed E-state index contributed by atoms with van der Waals surface area (Å²) in [4.78, 5) is 38.6. The van der Waals surface area contributed by atoms with Crippen LogP contribution in [0.2, 0.25) is 0 Å². The van der Waals surface area contributed by atoms with E-state index in [9.17, 15) is 14.4 Å². The molecule has 4 atom stereocenters. The van der Waals surface area contributed by atoms with Crippen LogP contribution in [0, 0.1) is 11.8 Å². The highest BCUT2D eigenvalue weighted by molar-refractivity contribution is 6.09. The maximum Gasteiger partial charge on any atom is 0.326 e. The number of carbonyl (C=O) groups excluding carboxylic acids is 3. The van der Waals surface area contributed by atoms with Gasteiger partial charge in [-0.25, -0.2) is 0 Å². The summed E-state index contributed by atoms with van der Waals surface area (Å²) >= 11 is 0. The Balaban J connectivity index is 2.06. The molecule has 0 unspecified atom stereocenters. The second kappa shape index (κ2) is 5.59. The monoisotopic (exact) mass is 332 g/mol. The first-order valence-electron chi connectivity index (χ1n) is 7.66. The molecule has 0 spiro atoms. The molecule has 0 aliphatic carbocycles. The second-order valence-corrected chi connectivity index (χ2v) is 6.33. The van der Waals surface area contributed by atoms with Gasteiger partial charge in [0.15, 0.2) is 0 Å². The molecule has 7 nitrogen and oxygen atoms in total. The molecule has 2 aliphatic heterocycles. The normalized spacial score (nSPS) is 32.0. The van der Waals surface area contributed by atoms with Crippen molar-refractivity contribution < 1.29 is 23.9 Å². The predicted molar refractivity (Wildman–Crippen MR) is 84.0 cm³/mol. The molecular weight excluding hydrogens is 312 g/mol. The highest BCUT2D eigenvalue weighted by Gasteiger charge is 2.66. The van der Waals surface area contributed by atoms with E-state index in [1.165, 1.54) is 14.2 Å². The number of nitrogens with one attached hydrogen (secondary N) is 1. The van der Waals surface area contributed by atoms with Crippen LogP contribution in [0.1, 0.15) is 18.5 Å². The summed E-state index contributed by atoms with van der Waals surface area (Å²) in [7, 11) is 4.29. The van der Waals surface area contributed by atoms with Crippen LogP contribution in [0.3, 0.4) is 0 Å². The number of amides is 2. The third kappa shape index (κ3) is 2.11. The fourth-order valence-corrected chi connectivity index (χ4v) is 3.78. The molecule has 1 aromatic rings. The molecule has 0 radical (unpaired) electrons. The molecule has 24 heavy (non-hydrogen) atoms. The van der Waals surface area contributed by atoms with Gasteiger partial charge in [-0.05, 0) is 24.6 Å². The zero-order valence-electron chi connectivity index (χ0n) is 14.0. The van der Waals surface area contributed by atoms with Crippen LogP contribution < -0.4 is 10.1 Å². The van der Waals surface area contributed by atoms with E-state index in [1.54, 1.807) is 26.2 Å². The summed E-state index contributed by atoms with van der Waals surface area (Å²) in [5, 5.41) is 3.17. The molecule has 0 bridgehead atoms. The first-order valence-corrected chi connectivity index (χ1v) is 7.66. The van der Waals surface area contributed by atoms with Gasteiger partial charge in [0.1, 0.15) is 11.3 Å². The largest absolute Gasteiger partial charge is 0.497 e. The lowest BCUT2D eigenvalue weighted by molar-refractivity contribution is -0.152. The smallest absolute Gasteiger partial charge is 0.326 e. The SMILES string of the molecule is COC(=O)[C@]1(C)N[C@@H](c2ccc(OC)cc2)[C@H]2C(=O)N(C)C(=O)[C@@H]21. The molecule has 2 saturated heterocycles. The number of benzene rings is 1. The maximum atomic E-state index is 12.6. The number of likely N-dealkylation sites (tertiary alicyclic amines) is 1. The quantitative estimate of drug-likeness (QED) is 0.641. The van der Waals surface area contributed by atoms with Crippen molar-refractivity contribution in [2.24, 2.45) is 11.8 Å². The van der Waals surface area contributed by atoms with E-state index in [0.29, 0.717) is 5.75 Å². The lowest BCUT2D eigenvalue weighted by Crippen LogP contribution is -2.53. The van der Waals surface area contributed by atoms with Crippen molar-refractivity contribution in [3.05, 3.63) is 29.8 Å². The van der Waals surface area contributed by atoms with Gasteiger partial charge < -0.3 is 9.47 Å². The van der Waals surface area contributed by atoms with Crippen LogP contribution in [0.25, 0.3) is 0 Å². The van der Waals surface area contributed by atoms with Crippen molar-refractivity contribution in [3.63, 3.8) is 0 Å². The van der Waals surface area contributed by atoms with Gasteiger partial charge in [-0.15, -0.1) is 0 Å². The lowest BCUT2D eigenvalue weighted by atomic mass is 9.80. The fraction of sp³-hybridized carbons (Fsp3) is 0.471. The van der Waals surface area contributed by atoms with Crippen LogP contribution in [0.15, 0.2) is 24.3 Å². The molecule has 2 amide bonds. The van der Waals surface area contributed by atoms with E-state index in [2.05, 4.69) is 5.32 Å². The summed E-state index contributed by atoms with van der Waals surface area (Å²) in [6, 6.07) is 6.76. The van der Waals surface area contributed by atoms with Gasteiger partial charge in [0.2, 0.25) is 11.8 Å². The Labute approximate surface area is 139 Å². The molecule has 128 valence electrons. The summed E-state index contributed by atoms with van der Waals surface area (Å²) in [5.74, 6) is -1.93. The molecule has 2 heterocycles. The Hall–Kier alpha value is -2.41. The average molecular weight is 332 g/mol. The highest BCUT2D eigenvalue weighted by Crippen LogP contribution is 2.48. The molecular formula is C17H20N2O5. The predicted octanol–water partition coefficient (Wildman–Crippen LogP) is 0.502. The third-order valence-corrected chi connectivity index (χ3v) is 5.09. The summed E-state index contributed by atoms with van der Waals surface area (Å²) in [5.41, 5.74) is -0.434. The van der Waals surface area contributed by atoms with Crippen molar-refractivity contribution in [1.82, 2.24) is 10.2 Å². The third-order valence-electron chi connectivity index (χ3n) is 5.09. The zero-order valence-corrected chi connectivity index (χ0v) is 14.0. The number of hydrogen-bond donors (Lipinski definition) is 1. The minimum atomic E-state index is -1.25. The summed E-state index contributed by atoms with van der Waals surface area (Å²) in [6.07, 6.45) is 0. The number of nitrogens with zero attached hydrogens (tertiary/aromatic N) is 1. The summed E-state index contributed by atoms with van der Waals surface area (Å²) < 4.78 is 10.0. The second-order valence-electron chi connectivity index (χ2n) is 6.33. The number of imide groups is 1. The number of hydrogen-bond acceptors (Lipinski definition) is 6. The Morgan fingerprint density at radius 1 is 1.17 bits per heavy atom. The van der Waals surface area contributed by atoms with E-state index in [-0.39, 0.29) is 11.8 Å². The molecule has 0 aromatic heterocycles. The van der Waals surface area contributed by atoms with E-state index in [4.69, 9.17) is 9.47 Å². The van der Waals surface area contributed by atoms with Crippen LogP contribution in [0.5, 0.6) is 5.75 Å². The van der Waals surface area contributed by atoms with E-state index in [0.717, 1.165) is 10.5 Å². The Morgan fingerprint density at radius 3 is 2.33 bits per heavy atom. The molecule has 1 aromatic carbocycles. The first kappa shape index (κ1) is 16.4. The van der Waals surface area contributed by atoms with Crippen LogP contribution in [-0.2, 0) is 19.1 Å². The molecule has 7 heteroatoms. The topological polar surface area (TPSA) is 84.9 Å². The number of carbonyl (C=O) groups is 3. The van der Waals surface area contributed by atoms with Gasteiger partial charge in [0.05, 0.1) is 26.1 Å². The van der Waals surface area contributed by atoms with Crippen molar-refractivity contribution in [2.45, 2.75) is 18.5 Å². The fourth-order valence-electron chi connectivity index (χ4n) is 3.78. The zero-order chi connectivity index (χ0) is 17.6. The van der Waals surface area contributed by atoms with Crippen molar-refractivity contribution >= 4 is 17.8 Å². The standard InChI is InChI=1S/C17H20N2O5/c1-17(16(22)24-4)12-11(14(20)19(2)15(12)21)13(18-17)9-5-7-10(23-3)8-6-9/h5-8,11-13,18H,1-4H3/t11-,12+,13-,17+/m0/s1. The van der Waals surface area contributed by atoms with Gasteiger partial charge in [-0.2, -0.15) is 0 Å². The number of methoxy groups -OCH3 is 2. The van der Waals surface area contributed by atoms with Gasteiger partial charge >= 0.3 is 5.97 Å². The van der Waals surface area contributed by atoms with E-state index < -0.39 is 29.4 Å². The van der Waals surface area contributed by atoms with E-state index in [1.807, 2.05) is 12.1 Å². The van der Waals surface area contributed by atoms with Crippen molar-refractivity contribution in [3.8, 4) is 5.75 Å². The number of fused-ring (bicyclic) bond motifs is 1. The average Bonchev–Trinajstić information content (AvgIpc) is 3.04. The molecule has 2 fully saturated rings. The summed E-state index contributed by atoms with van der Waals surface area (Å²) in [6.45, 7) is 1.62. The van der Waals surface area contributed by atoms with Gasteiger partial charge in [-0.3, -0.25) is 24.6 Å². The Kier molecular flexibility index (Phi) is 3.83. The molecule has 2 aliphatic rings. The van der Waals surface area contributed by atoms with Gasteiger partial charge in [-0.1, -0.05) is 12.1 Å². The first-order chi connectivity index (χ1) is 11.3. The number of esters is 1. The van der Waals surface area contributed by atoms with Crippen LogP contribution >= 0.6 is 0 Å². The lowest BCUT2D eigenvalue weighted by Gasteiger charge is -2.27. The maximum absolute atomic E-state index is 12.6. The Morgan fingerprint density at radius 2 is 1.79 bits per heavy atom. The Bertz CT molecular complexity index is 701. The van der Waals surface area contributed by atoms with Crippen molar-refractivity contribution in [2.75, 3.05) is 21.3 Å². The number of rotatable bonds is 3. The minimum absolute atomic E-state index is 0.286. The van der Waals surface area contributed by atoms with Crippen LogP contribution in [0.4, 0.5) is 0 Å². The molecule has 3 rings (SSSR count).